The van der Waals surface area contributed by atoms with E-state index in [0.29, 0.717) is 12.1 Å². The first-order valence-electron chi connectivity index (χ1n) is 10.1. The molecule has 1 aromatic carbocycles. The zero-order chi connectivity index (χ0) is 18.9. The van der Waals surface area contributed by atoms with E-state index in [1.807, 2.05) is 30.2 Å². The lowest BCUT2D eigenvalue weighted by atomic mass is 10.00. The third kappa shape index (κ3) is 3.38. The fraction of sp³-hybridized carbons (Fsp3) is 0.348. The van der Waals surface area contributed by atoms with Crippen molar-refractivity contribution in [3.63, 3.8) is 0 Å². The van der Waals surface area contributed by atoms with Crippen molar-refractivity contribution in [2.24, 2.45) is 12.0 Å². The molecule has 0 aliphatic carbocycles. The highest BCUT2D eigenvalue weighted by Gasteiger charge is 2.31. The van der Waals surface area contributed by atoms with Crippen LogP contribution in [0.1, 0.15) is 24.8 Å². The highest BCUT2D eigenvalue weighted by atomic mass is 15.2. The maximum Gasteiger partial charge on any atom is 0.154 e. The summed E-state index contributed by atoms with van der Waals surface area (Å²) in [6.45, 7) is 2.13. The predicted molar refractivity (Wildman–Crippen MR) is 110 cm³/mol. The number of hydrogen-bond acceptors (Lipinski definition) is 4. The Morgan fingerprint density at radius 1 is 1.11 bits per heavy atom. The van der Waals surface area contributed by atoms with Gasteiger partial charge >= 0.3 is 0 Å². The Balaban J connectivity index is 1.32. The van der Waals surface area contributed by atoms with Gasteiger partial charge in [-0.05, 0) is 49.1 Å². The van der Waals surface area contributed by atoms with Gasteiger partial charge in [0.05, 0.1) is 12.2 Å². The van der Waals surface area contributed by atoms with Gasteiger partial charge in [0, 0.05) is 42.8 Å². The van der Waals surface area contributed by atoms with E-state index in [1.165, 1.54) is 29.2 Å². The molecule has 2 aromatic heterocycles. The highest BCUT2D eigenvalue weighted by molar-refractivity contribution is 5.61. The van der Waals surface area contributed by atoms with E-state index >= 15 is 0 Å². The van der Waals surface area contributed by atoms with Gasteiger partial charge < -0.3 is 0 Å². The summed E-state index contributed by atoms with van der Waals surface area (Å²) in [5.41, 5.74) is 4.65. The quantitative estimate of drug-likeness (QED) is 0.707. The van der Waals surface area contributed by atoms with E-state index in [1.54, 1.807) is 0 Å². The summed E-state index contributed by atoms with van der Waals surface area (Å²) in [6, 6.07) is 13.8. The molecular formula is C23H25N5. The van der Waals surface area contributed by atoms with Crippen LogP contribution in [0.5, 0.6) is 0 Å². The molecule has 0 radical (unpaired) electrons. The predicted octanol–water partition coefficient (Wildman–Crippen LogP) is 2.32. The Morgan fingerprint density at radius 3 is 2.82 bits per heavy atom. The summed E-state index contributed by atoms with van der Waals surface area (Å²) in [5, 5.41) is 5.44. The van der Waals surface area contributed by atoms with Gasteiger partial charge in [0.2, 0.25) is 0 Å². The third-order valence-electron chi connectivity index (χ3n) is 5.92. The summed E-state index contributed by atoms with van der Waals surface area (Å²) in [5.74, 6) is 0. The zero-order valence-electron chi connectivity index (χ0n) is 16.2. The molecule has 2 aliphatic rings. The van der Waals surface area contributed by atoms with Crippen LogP contribution in [0, 0.1) is 0 Å². The van der Waals surface area contributed by atoms with Crippen LogP contribution in [0.25, 0.3) is 17.2 Å². The van der Waals surface area contributed by atoms with Crippen molar-refractivity contribution in [2.75, 3.05) is 6.54 Å². The summed E-state index contributed by atoms with van der Waals surface area (Å²) in [6.07, 6.45) is 11.6. The van der Waals surface area contributed by atoms with Crippen LogP contribution in [-0.4, -0.2) is 38.3 Å². The zero-order valence-corrected chi connectivity index (χ0v) is 16.2. The fourth-order valence-corrected chi connectivity index (χ4v) is 4.47. The Labute approximate surface area is 165 Å². The first kappa shape index (κ1) is 17.3. The topological polar surface area (TPSA) is 46.3 Å². The van der Waals surface area contributed by atoms with Crippen LogP contribution in [0.2, 0.25) is 0 Å². The molecule has 142 valence electrons. The SMILES string of the molecule is Cn1cc(-c2ccc(CN3CCC[C@@H]3C3CC=c4cccnc4=N3)cc2)cn1. The smallest absolute Gasteiger partial charge is 0.154 e. The molecule has 0 N–H and O–H groups in total. The molecule has 1 unspecified atom stereocenters. The van der Waals surface area contributed by atoms with Crippen molar-refractivity contribution < 1.29 is 0 Å². The molecule has 1 saturated heterocycles. The van der Waals surface area contributed by atoms with Gasteiger partial charge in [-0.1, -0.05) is 30.3 Å². The van der Waals surface area contributed by atoms with Crippen molar-refractivity contribution in [2.45, 2.75) is 37.9 Å². The second kappa shape index (κ2) is 7.32. The number of aromatic nitrogens is 3. The second-order valence-corrected chi connectivity index (χ2v) is 7.83. The van der Waals surface area contributed by atoms with Crippen molar-refractivity contribution in [3.05, 3.63) is 71.3 Å². The van der Waals surface area contributed by atoms with Crippen molar-refractivity contribution >= 4 is 6.08 Å². The van der Waals surface area contributed by atoms with Crippen molar-refractivity contribution in [1.29, 1.82) is 0 Å². The van der Waals surface area contributed by atoms with Gasteiger partial charge in [0.1, 0.15) is 0 Å². The minimum atomic E-state index is 0.319. The molecule has 0 spiro atoms. The summed E-state index contributed by atoms with van der Waals surface area (Å²) < 4.78 is 1.84. The molecule has 5 nitrogen and oxygen atoms in total. The molecule has 28 heavy (non-hydrogen) atoms. The normalized spacial score (nSPS) is 21.8. The lowest BCUT2D eigenvalue weighted by molar-refractivity contribution is 0.215. The Kier molecular flexibility index (Phi) is 4.53. The molecule has 5 heteroatoms. The van der Waals surface area contributed by atoms with Crippen LogP contribution in [0.15, 0.2) is 60.0 Å². The van der Waals surface area contributed by atoms with Gasteiger partial charge in [0.25, 0.3) is 0 Å². The van der Waals surface area contributed by atoms with E-state index in [2.05, 4.69) is 57.6 Å². The highest BCUT2D eigenvalue weighted by Crippen LogP contribution is 2.27. The Morgan fingerprint density at radius 2 is 2.00 bits per heavy atom. The summed E-state index contributed by atoms with van der Waals surface area (Å²) >= 11 is 0. The molecule has 1 fully saturated rings. The van der Waals surface area contributed by atoms with Gasteiger partial charge in [-0.3, -0.25) is 14.6 Å². The molecular weight excluding hydrogens is 346 g/mol. The van der Waals surface area contributed by atoms with Gasteiger partial charge in [0.15, 0.2) is 5.49 Å². The number of aryl methyl sites for hydroxylation is 1. The number of hydrogen-bond donors (Lipinski definition) is 0. The molecule has 0 bridgehead atoms. The lowest BCUT2D eigenvalue weighted by Gasteiger charge is -2.29. The third-order valence-corrected chi connectivity index (χ3v) is 5.92. The minimum Gasteiger partial charge on any atom is -0.294 e. The molecule has 5 rings (SSSR count). The van der Waals surface area contributed by atoms with Crippen LogP contribution < -0.4 is 10.7 Å². The number of rotatable bonds is 4. The van der Waals surface area contributed by atoms with Crippen molar-refractivity contribution in [3.8, 4) is 11.1 Å². The molecule has 2 atom stereocenters. The van der Waals surface area contributed by atoms with E-state index in [-0.39, 0.29) is 0 Å². The maximum atomic E-state index is 4.98. The average Bonchev–Trinajstić information content (AvgIpc) is 3.37. The molecule has 0 saturated carbocycles. The monoisotopic (exact) mass is 371 g/mol. The Bertz CT molecular complexity index is 1080. The van der Waals surface area contributed by atoms with E-state index in [9.17, 15) is 0 Å². The van der Waals surface area contributed by atoms with E-state index in [0.717, 1.165) is 30.6 Å². The summed E-state index contributed by atoms with van der Waals surface area (Å²) in [4.78, 5) is 12.1. The second-order valence-electron chi connectivity index (χ2n) is 7.83. The van der Waals surface area contributed by atoms with Crippen LogP contribution >= 0.6 is 0 Å². The van der Waals surface area contributed by atoms with Crippen LogP contribution in [0.4, 0.5) is 0 Å². The van der Waals surface area contributed by atoms with Crippen LogP contribution in [0.3, 0.4) is 0 Å². The fourth-order valence-electron chi connectivity index (χ4n) is 4.47. The van der Waals surface area contributed by atoms with Gasteiger partial charge in [-0.25, -0.2) is 4.98 Å². The number of likely N-dealkylation sites (tertiary alicyclic amines) is 1. The number of pyridine rings is 1. The van der Waals surface area contributed by atoms with E-state index in [4.69, 9.17) is 4.99 Å². The van der Waals surface area contributed by atoms with Gasteiger partial charge in [-0.2, -0.15) is 5.10 Å². The molecule has 2 aliphatic heterocycles. The first-order valence-corrected chi connectivity index (χ1v) is 10.1. The Hall–Kier alpha value is -2.79. The first-order chi connectivity index (χ1) is 13.8. The molecule has 4 heterocycles. The minimum absolute atomic E-state index is 0.319. The lowest BCUT2D eigenvalue weighted by Crippen LogP contribution is -2.43. The summed E-state index contributed by atoms with van der Waals surface area (Å²) in [7, 11) is 1.95. The number of benzene rings is 1. The van der Waals surface area contributed by atoms with Gasteiger partial charge in [-0.15, -0.1) is 0 Å². The standard InChI is InChI=1S/C23H25N5/c1-27-16-20(14-25-27)18-8-6-17(7-9-18)15-28-13-3-5-22(28)21-11-10-19-4-2-12-24-23(19)26-21/h2,4,6-10,12,14,16,21-22H,3,5,11,13,15H2,1H3/t21?,22-/m1/s1. The maximum absolute atomic E-state index is 4.98. The molecule has 3 aromatic rings. The van der Waals surface area contributed by atoms with Crippen molar-refractivity contribution in [1.82, 2.24) is 19.7 Å². The van der Waals surface area contributed by atoms with E-state index < -0.39 is 0 Å². The average molecular weight is 371 g/mol. The number of fused-ring (bicyclic) bond motifs is 1. The largest absolute Gasteiger partial charge is 0.294 e. The molecule has 0 amide bonds. The van der Waals surface area contributed by atoms with Crippen LogP contribution in [-0.2, 0) is 13.6 Å². The number of nitrogens with zero attached hydrogens (tertiary/aromatic N) is 5.